The molecule has 1 amide bonds. The number of sulfonamides is 1. The van der Waals surface area contributed by atoms with Crippen molar-refractivity contribution < 1.29 is 13.2 Å². The Labute approximate surface area is 114 Å². The van der Waals surface area contributed by atoms with E-state index in [1.807, 2.05) is 30.3 Å². The Kier molecular flexibility index (Phi) is 6.52. The Bertz CT molecular complexity index is 486. The first-order chi connectivity index (χ1) is 8.99. The lowest BCUT2D eigenvalue weighted by molar-refractivity contribution is -0.118. The Morgan fingerprint density at radius 1 is 1.16 bits per heavy atom. The fourth-order valence-corrected chi connectivity index (χ4v) is 2.71. The molecule has 6 heteroatoms. The molecule has 0 heterocycles. The second-order valence-corrected chi connectivity index (χ2v) is 6.21. The van der Waals surface area contributed by atoms with Gasteiger partial charge in [0.1, 0.15) is 0 Å². The highest BCUT2D eigenvalue weighted by atomic mass is 32.2. The fraction of sp³-hybridized carbons (Fsp3) is 0.462. The maximum absolute atomic E-state index is 11.6. The molecule has 2 N–H and O–H groups in total. The van der Waals surface area contributed by atoms with Gasteiger partial charge in [-0.25, -0.2) is 13.1 Å². The van der Waals surface area contributed by atoms with Crippen LogP contribution in [0.5, 0.6) is 0 Å². The summed E-state index contributed by atoms with van der Waals surface area (Å²) >= 11 is 0. The van der Waals surface area contributed by atoms with Crippen molar-refractivity contribution in [3.05, 3.63) is 35.9 Å². The van der Waals surface area contributed by atoms with Crippen LogP contribution in [-0.4, -0.2) is 33.2 Å². The molecule has 1 aromatic carbocycles. The minimum absolute atomic E-state index is 0.0992. The van der Waals surface area contributed by atoms with Crippen molar-refractivity contribution in [1.29, 1.82) is 0 Å². The van der Waals surface area contributed by atoms with E-state index in [0.717, 1.165) is 12.0 Å². The van der Waals surface area contributed by atoms with Crippen molar-refractivity contribution in [2.75, 3.05) is 18.8 Å². The van der Waals surface area contributed by atoms with Crippen LogP contribution >= 0.6 is 0 Å². The van der Waals surface area contributed by atoms with Crippen molar-refractivity contribution in [3.63, 3.8) is 0 Å². The molecule has 0 aromatic heterocycles. The maximum Gasteiger partial charge on any atom is 0.216 e. The zero-order valence-electron chi connectivity index (χ0n) is 11.1. The molecule has 0 spiro atoms. The molecule has 0 aliphatic heterocycles. The third-order valence-electron chi connectivity index (χ3n) is 2.54. The first-order valence-corrected chi connectivity index (χ1v) is 7.90. The molecule has 19 heavy (non-hydrogen) atoms. The third-order valence-corrected chi connectivity index (χ3v) is 4.01. The zero-order valence-corrected chi connectivity index (χ0v) is 11.9. The van der Waals surface area contributed by atoms with Gasteiger partial charge in [0.15, 0.2) is 0 Å². The van der Waals surface area contributed by atoms with Gasteiger partial charge in [0.05, 0.1) is 5.75 Å². The zero-order chi connectivity index (χ0) is 14.1. The van der Waals surface area contributed by atoms with Crippen LogP contribution in [0.15, 0.2) is 30.3 Å². The van der Waals surface area contributed by atoms with Crippen LogP contribution in [-0.2, 0) is 21.2 Å². The van der Waals surface area contributed by atoms with Gasteiger partial charge in [-0.15, -0.1) is 0 Å². The van der Waals surface area contributed by atoms with Gasteiger partial charge >= 0.3 is 0 Å². The summed E-state index contributed by atoms with van der Waals surface area (Å²) in [7, 11) is -3.25. The Hall–Kier alpha value is -1.40. The highest BCUT2D eigenvalue weighted by Gasteiger charge is 2.08. The van der Waals surface area contributed by atoms with Gasteiger partial charge in [-0.05, 0) is 18.4 Å². The molecule has 1 aromatic rings. The van der Waals surface area contributed by atoms with Crippen molar-refractivity contribution in [3.8, 4) is 0 Å². The molecule has 0 aliphatic carbocycles. The first kappa shape index (κ1) is 15.7. The molecule has 0 atom stereocenters. The topological polar surface area (TPSA) is 75.3 Å². The second-order valence-electron chi connectivity index (χ2n) is 4.29. The number of carbonyl (C=O) groups excluding carboxylic acids is 1. The van der Waals surface area contributed by atoms with E-state index in [0.29, 0.717) is 13.0 Å². The number of hydrogen-bond acceptors (Lipinski definition) is 3. The van der Waals surface area contributed by atoms with Crippen LogP contribution in [0.4, 0.5) is 0 Å². The van der Waals surface area contributed by atoms with Crippen molar-refractivity contribution >= 4 is 15.9 Å². The molecule has 5 nitrogen and oxygen atoms in total. The van der Waals surface area contributed by atoms with E-state index in [1.165, 1.54) is 6.92 Å². The number of rotatable bonds is 8. The summed E-state index contributed by atoms with van der Waals surface area (Å²) in [5.74, 6) is -0.0645. The molecule has 1 rings (SSSR count). The summed E-state index contributed by atoms with van der Waals surface area (Å²) in [5, 5.41) is 2.53. The first-order valence-electron chi connectivity index (χ1n) is 6.25. The number of benzene rings is 1. The molecule has 106 valence electrons. The molecule has 0 unspecified atom stereocenters. The van der Waals surface area contributed by atoms with Crippen molar-refractivity contribution in [1.82, 2.24) is 10.0 Å². The molecule has 0 radical (unpaired) electrons. The van der Waals surface area contributed by atoms with Crippen LogP contribution in [0.25, 0.3) is 0 Å². The Morgan fingerprint density at radius 2 is 1.84 bits per heavy atom. The molecule has 0 saturated heterocycles. The predicted molar refractivity (Wildman–Crippen MR) is 75.2 cm³/mol. The number of aryl methyl sites for hydroxylation is 1. The summed E-state index contributed by atoms with van der Waals surface area (Å²) in [6, 6.07) is 9.78. The second kappa shape index (κ2) is 7.91. The molecule has 0 aliphatic rings. The predicted octanol–water partition coefficient (Wildman–Crippen LogP) is 0.675. The van der Waals surface area contributed by atoms with Gasteiger partial charge < -0.3 is 5.32 Å². The number of carbonyl (C=O) groups is 1. The lowest BCUT2D eigenvalue weighted by Gasteiger charge is -2.07. The van der Waals surface area contributed by atoms with Crippen LogP contribution in [0.3, 0.4) is 0 Å². The summed E-state index contributed by atoms with van der Waals surface area (Å²) in [4.78, 5) is 10.6. The molecular formula is C13H20N2O3S. The van der Waals surface area contributed by atoms with E-state index in [4.69, 9.17) is 0 Å². The minimum Gasteiger partial charge on any atom is -0.355 e. The van der Waals surface area contributed by atoms with Gasteiger partial charge in [0.25, 0.3) is 0 Å². The van der Waals surface area contributed by atoms with Gasteiger partial charge in [-0.1, -0.05) is 30.3 Å². The maximum atomic E-state index is 11.6. The number of hydrogen-bond donors (Lipinski definition) is 2. The number of amides is 1. The SMILES string of the molecule is CC(=O)NCCNS(=O)(=O)CCCc1ccccc1. The molecule has 0 fully saturated rings. The van der Waals surface area contributed by atoms with E-state index >= 15 is 0 Å². The van der Waals surface area contributed by atoms with E-state index in [2.05, 4.69) is 10.0 Å². The fourth-order valence-electron chi connectivity index (χ4n) is 1.63. The van der Waals surface area contributed by atoms with Crippen LogP contribution < -0.4 is 10.0 Å². The lowest BCUT2D eigenvalue weighted by atomic mass is 10.1. The standard InChI is InChI=1S/C13H20N2O3S/c1-12(16)14-9-10-15-19(17,18)11-5-8-13-6-3-2-4-7-13/h2-4,6-7,15H,5,8-11H2,1H3,(H,14,16). The van der Waals surface area contributed by atoms with Gasteiger partial charge in [-0.2, -0.15) is 0 Å². The van der Waals surface area contributed by atoms with E-state index < -0.39 is 10.0 Å². The summed E-state index contributed by atoms with van der Waals surface area (Å²) in [6.45, 7) is 1.94. The Morgan fingerprint density at radius 3 is 2.47 bits per heavy atom. The van der Waals surface area contributed by atoms with E-state index in [9.17, 15) is 13.2 Å². The van der Waals surface area contributed by atoms with E-state index in [-0.39, 0.29) is 18.2 Å². The summed E-state index contributed by atoms with van der Waals surface area (Å²) < 4.78 is 25.7. The van der Waals surface area contributed by atoms with Crippen LogP contribution in [0, 0.1) is 0 Å². The number of nitrogens with one attached hydrogen (secondary N) is 2. The van der Waals surface area contributed by atoms with Crippen LogP contribution in [0.2, 0.25) is 0 Å². The lowest BCUT2D eigenvalue weighted by Crippen LogP contribution is -2.34. The quantitative estimate of drug-likeness (QED) is 0.689. The molecule has 0 saturated carbocycles. The van der Waals surface area contributed by atoms with Crippen molar-refractivity contribution in [2.24, 2.45) is 0 Å². The molecular weight excluding hydrogens is 264 g/mol. The highest BCUT2D eigenvalue weighted by Crippen LogP contribution is 2.03. The summed E-state index contributed by atoms with van der Waals surface area (Å²) in [5.41, 5.74) is 1.14. The highest BCUT2D eigenvalue weighted by molar-refractivity contribution is 7.89. The largest absolute Gasteiger partial charge is 0.355 e. The van der Waals surface area contributed by atoms with Crippen molar-refractivity contribution in [2.45, 2.75) is 19.8 Å². The van der Waals surface area contributed by atoms with Gasteiger partial charge in [-0.3, -0.25) is 4.79 Å². The Balaban J connectivity index is 2.21. The smallest absolute Gasteiger partial charge is 0.216 e. The monoisotopic (exact) mass is 284 g/mol. The molecule has 0 bridgehead atoms. The van der Waals surface area contributed by atoms with Crippen LogP contribution in [0.1, 0.15) is 18.9 Å². The average molecular weight is 284 g/mol. The van der Waals surface area contributed by atoms with Gasteiger partial charge in [0.2, 0.25) is 15.9 Å². The average Bonchev–Trinajstić information content (AvgIpc) is 2.36. The minimum atomic E-state index is -3.25. The normalized spacial score (nSPS) is 11.2. The summed E-state index contributed by atoms with van der Waals surface area (Å²) in [6.07, 6.45) is 1.33. The van der Waals surface area contributed by atoms with Gasteiger partial charge in [0, 0.05) is 20.0 Å². The van der Waals surface area contributed by atoms with E-state index in [1.54, 1.807) is 0 Å². The third kappa shape index (κ3) is 7.58.